The molecule has 0 spiro atoms. The zero-order valence-corrected chi connectivity index (χ0v) is 35.1. The molecule has 0 bridgehead atoms. The van der Waals surface area contributed by atoms with Crippen LogP contribution >= 0.6 is 0 Å². The largest absolute Gasteiger partial charge is 0.208 e. The number of nitrogens with zero attached hydrogens (tertiary/aromatic N) is 4. The van der Waals surface area contributed by atoms with Crippen LogP contribution in [0.15, 0.2) is 182 Å². The highest BCUT2D eigenvalue weighted by Gasteiger charge is 2.17. The van der Waals surface area contributed by atoms with Gasteiger partial charge >= 0.3 is 0 Å². The van der Waals surface area contributed by atoms with Crippen LogP contribution in [0.25, 0.3) is 100 Å². The number of rotatable bonds is 7. The summed E-state index contributed by atoms with van der Waals surface area (Å²) >= 11 is 0. The Kier molecular flexibility index (Phi) is 9.79. The third-order valence-electron chi connectivity index (χ3n) is 11.7. The molecule has 1 heterocycles. The molecule has 9 aromatic carbocycles. The molecule has 0 saturated heterocycles. The summed E-state index contributed by atoms with van der Waals surface area (Å²) in [5.41, 5.74) is 16.3. The molecule has 0 atom stereocenters. The van der Waals surface area contributed by atoms with Crippen molar-refractivity contribution in [2.75, 3.05) is 0 Å². The zero-order chi connectivity index (χ0) is 42.3. The lowest BCUT2D eigenvalue weighted by atomic mass is 9.89. The Hall–Kier alpha value is -8.00. The minimum Gasteiger partial charge on any atom is -0.208 e. The van der Waals surface area contributed by atoms with E-state index in [2.05, 4.69) is 204 Å². The second kappa shape index (κ2) is 15.9. The van der Waals surface area contributed by atoms with Gasteiger partial charge < -0.3 is 0 Å². The Bertz CT molecular complexity index is 3320. The van der Waals surface area contributed by atoms with Crippen molar-refractivity contribution in [1.29, 1.82) is 5.26 Å². The van der Waals surface area contributed by atoms with E-state index >= 15 is 0 Å². The number of aryl methyl sites for hydroxylation is 4. The van der Waals surface area contributed by atoms with Crippen LogP contribution in [0.3, 0.4) is 0 Å². The molecule has 10 aromatic rings. The summed E-state index contributed by atoms with van der Waals surface area (Å²) in [6.07, 6.45) is 0. The van der Waals surface area contributed by atoms with E-state index in [9.17, 15) is 5.26 Å². The molecule has 1 aromatic heterocycles. The number of hydrogen-bond donors (Lipinski definition) is 0. The van der Waals surface area contributed by atoms with Gasteiger partial charge in [0.1, 0.15) is 0 Å². The van der Waals surface area contributed by atoms with Crippen LogP contribution < -0.4 is 0 Å². The normalized spacial score (nSPS) is 11.2. The summed E-state index contributed by atoms with van der Waals surface area (Å²) < 4.78 is 0. The smallest absolute Gasteiger partial charge is 0.164 e. The van der Waals surface area contributed by atoms with Crippen LogP contribution in [0.4, 0.5) is 0 Å². The first-order valence-corrected chi connectivity index (χ1v) is 21.0. The minimum absolute atomic E-state index is 0.599. The fourth-order valence-corrected chi connectivity index (χ4v) is 8.88. The SMILES string of the molecule is Cc1cc(C)cc(-c2nc(-c3cc(C)cc(C)c3)nc(-c3cccc(-c4ccccc4-c4cc(-c5cccc(-c6ccc7c(ccc8ccccc87)c6)c5)ccc4C#N)c3)n2)c1. The van der Waals surface area contributed by atoms with Gasteiger partial charge in [-0.25, -0.2) is 15.0 Å². The molecule has 294 valence electrons. The van der Waals surface area contributed by atoms with E-state index in [-0.39, 0.29) is 0 Å². The molecule has 0 aliphatic rings. The first-order chi connectivity index (χ1) is 30.3. The summed E-state index contributed by atoms with van der Waals surface area (Å²) in [5, 5.41) is 15.4. The van der Waals surface area contributed by atoms with Crippen molar-refractivity contribution in [2.24, 2.45) is 0 Å². The molecule has 0 N–H and O–H groups in total. The molecule has 0 saturated carbocycles. The summed E-state index contributed by atoms with van der Waals surface area (Å²) in [7, 11) is 0. The first kappa shape index (κ1) is 38.2. The number of hydrogen-bond acceptors (Lipinski definition) is 4. The Morgan fingerprint density at radius 3 is 1.47 bits per heavy atom. The summed E-state index contributed by atoms with van der Waals surface area (Å²) in [5.74, 6) is 1.87. The lowest BCUT2D eigenvalue weighted by Crippen LogP contribution is -2.01. The fraction of sp³-hybridized carbons (Fsp3) is 0.0690. The number of fused-ring (bicyclic) bond motifs is 3. The fourth-order valence-electron chi connectivity index (χ4n) is 8.88. The highest BCUT2D eigenvalue weighted by Crippen LogP contribution is 2.39. The molecule has 62 heavy (non-hydrogen) atoms. The number of benzene rings is 9. The molecular formula is C58H42N4. The predicted molar refractivity (Wildman–Crippen MR) is 257 cm³/mol. The van der Waals surface area contributed by atoms with Gasteiger partial charge in [0.15, 0.2) is 17.5 Å². The van der Waals surface area contributed by atoms with Crippen molar-refractivity contribution < 1.29 is 0 Å². The molecule has 0 amide bonds. The standard InChI is InChI=1S/C58H42N4/c1-36-25-37(2)28-49(27-36)57-60-56(61-58(62-57)50-29-38(3)26-39(4)30-50)47-15-10-14-45(33-47)52-17-7-8-18-54(52)55-34-44(20-22-48(55)35-59)42-13-9-12-41(31-42)43-23-24-53-46(32-43)21-19-40-11-5-6-16-51(40)53/h5-34H,1-4H3. The van der Waals surface area contributed by atoms with Gasteiger partial charge in [-0.2, -0.15) is 5.26 Å². The van der Waals surface area contributed by atoms with E-state index in [0.717, 1.165) is 83.5 Å². The average molecular weight is 795 g/mol. The van der Waals surface area contributed by atoms with E-state index in [0.29, 0.717) is 23.0 Å². The van der Waals surface area contributed by atoms with Crippen molar-refractivity contribution in [1.82, 2.24) is 15.0 Å². The van der Waals surface area contributed by atoms with Crippen LogP contribution in [0, 0.1) is 39.0 Å². The van der Waals surface area contributed by atoms with Crippen molar-refractivity contribution in [3.63, 3.8) is 0 Å². The lowest BCUT2D eigenvalue weighted by Gasteiger charge is -2.15. The van der Waals surface area contributed by atoms with Crippen LogP contribution in [0.2, 0.25) is 0 Å². The molecule has 0 aliphatic carbocycles. The van der Waals surface area contributed by atoms with Crippen LogP contribution in [0.5, 0.6) is 0 Å². The quantitative estimate of drug-likeness (QED) is 0.151. The Morgan fingerprint density at radius 1 is 0.323 bits per heavy atom. The highest BCUT2D eigenvalue weighted by molar-refractivity contribution is 6.08. The average Bonchev–Trinajstić information content (AvgIpc) is 3.30. The van der Waals surface area contributed by atoms with E-state index in [1.807, 2.05) is 12.1 Å². The first-order valence-electron chi connectivity index (χ1n) is 21.0. The third-order valence-corrected chi connectivity index (χ3v) is 11.7. The van der Waals surface area contributed by atoms with Gasteiger partial charge in [0.25, 0.3) is 0 Å². The monoisotopic (exact) mass is 794 g/mol. The third kappa shape index (κ3) is 7.42. The van der Waals surface area contributed by atoms with Gasteiger partial charge in [-0.05, 0) is 143 Å². The Morgan fingerprint density at radius 2 is 0.806 bits per heavy atom. The maximum atomic E-state index is 10.5. The maximum Gasteiger partial charge on any atom is 0.164 e. The summed E-state index contributed by atoms with van der Waals surface area (Å²) in [6.45, 7) is 8.40. The highest BCUT2D eigenvalue weighted by atomic mass is 15.0. The van der Waals surface area contributed by atoms with Crippen molar-refractivity contribution in [2.45, 2.75) is 27.7 Å². The molecular weight excluding hydrogens is 753 g/mol. The topological polar surface area (TPSA) is 62.5 Å². The van der Waals surface area contributed by atoms with Gasteiger partial charge in [-0.15, -0.1) is 0 Å². The van der Waals surface area contributed by atoms with E-state index in [1.165, 1.54) is 21.5 Å². The van der Waals surface area contributed by atoms with Crippen molar-refractivity contribution in [3.8, 4) is 84.7 Å². The maximum absolute atomic E-state index is 10.5. The van der Waals surface area contributed by atoms with Crippen LogP contribution in [-0.4, -0.2) is 15.0 Å². The van der Waals surface area contributed by atoms with Gasteiger partial charge in [-0.1, -0.05) is 150 Å². The van der Waals surface area contributed by atoms with E-state index in [1.54, 1.807) is 0 Å². The summed E-state index contributed by atoms with van der Waals surface area (Å²) in [6, 6.07) is 66.6. The minimum atomic E-state index is 0.599. The molecule has 0 fully saturated rings. The van der Waals surface area contributed by atoms with Gasteiger partial charge in [0.2, 0.25) is 0 Å². The molecule has 0 aliphatic heterocycles. The predicted octanol–water partition coefficient (Wildman–Crippen LogP) is 15.0. The van der Waals surface area contributed by atoms with Crippen LogP contribution in [0.1, 0.15) is 27.8 Å². The second-order valence-corrected chi connectivity index (χ2v) is 16.4. The lowest BCUT2D eigenvalue weighted by molar-refractivity contribution is 1.07. The molecule has 0 radical (unpaired) electrons. The molecule has 4 heteroatoms. The van der Waals surface area contributed by atoms with Crippen molar-refractivity contribution in [3.05, 3.63) is 210 Å². The zero-order valence-electron chi connectivity index (χ0n) is 35.1. The van der Waals surface area contributed by atoms with Gasteiger partial charge in [0, 0.05) is 22.3 Å². The molecule has 10 rings (SSSR count). The number of aromatic nitrogens is 3. The summed E-state index contributed by atoms with van der Waals surface area (Å²) in [4.78, 5) is 15.3. The number of nitriles is 1. The Balaban J connectivity index is 1.04. The van der Waals surface area contributed by atoms with Gasteiger partial charge in [0.05, 0.1) is 11.6 Å². The molecule has 0 unspecified atom stereocenters. The Labute approximate surface area is 362 Å². The second-order valence-electron chi connectivity index (χ2n) is 16.4. The van der Waals surface area contributed by atoms with Crippen molar-refractivity contribution >= 4 is 21.5 Å². The van der Waals surface area contributed by atoms with E-state index in [4.69, 9.17) is 15.0 Å². The van der Waals surface area contributed by atoms with Crippen LogP contribution in [-0.2, 0) is 0 Å². The van der Waals surface area contributed by atoms with E-state index < -0.39 is 0 Å². The molecule has 4 nitrogen and oxygen atoms in total. The van der Waals surface area contributed by atoms with Gasteiger partial charge in [-0.3, -0.25) is 0 Å².